The second-order valence-electron chi connectivity index (χ2n) is 4.63. The second-order valence-corrected chi connectivity index (χ2v) is 7.42. The summed E-state index contributed by atoms with van der Waals surface area (Å²) < 4.78 is 40.0. The molecule has 0 heterocycles. The van der Waals surface area contributed by atoms with E-state index in [0.717, 1.165) is 18.9 Å². The van der Waals surface area contributed by atoms with Crippen LogP contribution in [0.4, 0.5) is 4.39 Å². The van der Waals surface area contributed by atoms with Gasteiger partial charge in [-0.1, -0.05) is 23.2 Å². The molecule has 1 aromatic rings. The molecule has 1 N–H and O–H groups in total. The maximum absolute atomic E-state index is 13.5. The number of sulfonamides is 1. The first kappa shape index (κ1) is 15.3. The van der Waals surface area contributed by atoms with Gasteiger partial charge in [0.05, 0.1) is 10.0 Å². The summed E-state index contributed by atoms with van der Waals surface area (Å²) in [6, 6.07) is 2.34. The molecule has 3 nitrogen and oxygen atoms in total. The number of hydrogen-bond donors (Lipinski definition) is 1. The number of benzene rings is 1. The van der Waals surface area contributed by atoms with Gasteiger partial charge in [-0.05, 0) is 30.4 Å². The molecule has 19 heavy (non-hydrogen) atoms. The molecule has 0 aromatic heterocycles. The van der Waals surface area contributed by atoms with Crippen LogP contribution in [0, 0.1) is 11.2 Å². The molecule has 0 saturated heterocycles. The number of halogens is 4. The Morgan fingerprint density at radius 3 is 2.47 bits per heavy atom. The van der Waals surface area contributed by atoms with Gasteiger partial charge < -0.3 is 0 Å². The lowest BCUT2D eigenvalue weighted by atomic mass is 10.1. The van der Waals surface area contributed by atoms with Gasteiger partial charge in [-0.15, -0.1) is 11.6 Å². The highest BCUT2D eigenvalue weighted by molar-refractivity contribution is 7.89. The fourth-order valence-corrected chi connectivity index (χ4v) is 3.84. The van der Waals surface area contributed by atoms with E-state index in [2.05, 4.69) is 4.72 Å². The molecule has 8 heteroatoms. The van der Waals surface area contributed by atoms with Gasteiger partial charge in [0.15, 0.2) is 5.82 Å². The molecule has 0 unspecified atom stereocenters. The van der Waals surface area contributed by atoms with Crippen LogP contribution in [0.1, 0.15) is 12.8 Å². The Balaban J connectivity index is 2.23. The van der Waals surface area contributed by atoms with Gasteiger partial charge in [-0.2, -0.15) is 0 Å². The van der Waals surface area contributed by atoms with Gasteiger partial charge in [-0.25, -0.2) is 17.5 Å². The van der Waals surface area contributed by atoms with Crippen LogP contribution in [0.25, 0.3) is 0 Å². The number of rotatable bonds is 5. The van der Waals surface area contributed by atoms with E-state index in [1.54, 1.807) is 0 Å². The lowest BCUT2D eigenvalue weighted by molar-refractivity contribution is 0.533. The van der Waals surface area contributed by atoms with Crippen LogP contribution < -0.4 is 4.72 Å². The minimum absolute atomic E-state index is 0.175. The molecule has 0 atom stereocenters. The molecule has 1 aliphatic rings. The first-order chi connectivity index (χ1) is 8.81. The highest BCUT2D eigenvalue weighted by atomic mass is 35.5. The Hall–Kier alpha value is -0.0700. The van der Waals surface area contributed by atoms with Crippen molar-refractivity contribution in [1.29, 1.82) is 0 Å². The van der Waals surface area contributed by atoms with E-state index >= 15 is 0 Å². The topological polar surface area (TPSA) is 46.2 Å². The van der Waals surface area contributed by atoms with Crippen LogP contribution in [0.3, 0.4) is 0 Å². The predicted molar refractivity (Wildman–Crippen MR) is 74.0 cm³/mol. The van der Waals surface area contributed by atoms with Crippen molar-refractivity contribution in [2.75, 3.05) is 12.4 Å². The van der Waals surface area contributed by atoms with Crippen LogP contribution in [0.5, 0.6) is 0 Å². The third-order valence-corrected chi connectivity index (χ3v) is 5.95. The minimum atomic E-state index is -3.87. The third-order valence-electron chi connectivity index (χ3n) is 3.17. The van der Waals surface area contributed by atoms with E-state index < -0.39 is 20.9 Å². The molecule has 1 saturated carbocycles. The van der Waals surface area contributed by atoms with Crippen molar-refractivity contribution in [3.63, 3.8) is 0 Å². The van der Waals surface area contributed by atoms with E-state index in [9.17, 15) is 12.8 Å². The highest BCUT2D eigenvalue weighted by Crippen LogP contribution is 2.46. The molecular formula is C11H11Cl3FNO2S. The average molecular weight is 347 g/mol. The molecule has 1 aromatic carbocycles. The van der Waals surface area contributed by atoms with Crippen molar-refractivity contribution in [3.8, 4) is 0 Å². The summed E-state index contributed by atoms with van der Waals surface area (Å²) in [4.78, 5) is -0.318. The zero-order chi connectivity index (χ0) is 14.3. The SMILES string of the molecule is O=S(=O)(NCC1(CCl)CC1)c1ccc(Cl)c(F)c1Cl. The van der Waals surface area contributed by atoms with Gasteiger partial charge in [0.1, 0.15) is 4.90 Å². The molecule has 1 aliphatic carbocycles. The van der Waals surface area contributed by atoms with Gasteiger partial charge in [0.25, 0.3) is 0 Å². The van der Waals surface area contributed by atoms with Crippen molar-refractivity contribution < 1.29 is 12.8 Å². The van der Waals surface area contributed by atoms with E-state index in [1.807, 2.05) is 0 Å². The standard InChI is InChI=1S/C11H11Cl3FNO2S/c12-5-11(3-4-11)6-16-19(17,18)8-2-1-7(13)10(15)9(8)14/h1-2,16H,3-6H2. The van der Waals surface area contributed by atoms with Crippen molar-refractivity contribution in [2.45, 2.75) is 17.7 Å². The van der Waals surface area contributed by atoms with Crippen molar-refractivity contribution in [3.05, 3.63) is 28.0 Å². The van der Waals surface area contributed by atoms with Crippen LogP contribution in [-0.4, -0.2) is 20.8 Å². The van der Waals surface area contributed by atoms with Gasteiger partial charge in [0, 0.05) is 12.4 Å². The summed E-state index contributed by atoms with van der Waals surface area (Å²) in [6.07, 6.45) is 1.75. The molecule has 0 aliphatic heterocycles. The Bertz CT molecular complexity index is 602. The maximum Gasteiger partial charge on any atom is 0.242 e. The molecular weight excluding hydrogens is 336 g/mol. The summed E-state index contributed by atoms with van der Waals surface area (Å²) in [6.45, 7) is 0.222. The average Bonchev–Trinajstić information content (AvgIpc) is 3.14. The van der Waals surface area contributed by atoms with E-state index in [1.165, 1.54) is 6.07 Å². The number of alkyl halides is 1. The summed E-state index contributed by atoms with van der Waals surface area (Å²) in [5.74, 6) is -0.553. The van der Waals surface area contributed by atoms with E-state index in [4.69, 9.17) is 34.8 Å². The largest absolute Gasteiger partial charge is 0.242 e. The first-order valence-corrected chi connectivity index (χ1v) is 8.28. The summed E-state index contributed by atoms with van der Waals surface area (Å²) >= 11 is 17.0. The Kier molecular flexibility index (Phi) is 4.33. The number of hydrogen-bond acceptors (Lipinski definition) is 2. The quantitative estimate of drug-likeness (QED) is 0.656. The molecule has 2 rings (SSSR count). The molecule has 0 radical (unpaired) electrons. The molecule has 0 bridgehead atoms. The molecule has 1 fully saturated rings. The zero-order valence-corrected chi connectivity index (χ0v) is 12.8. The van der Waals surface area contributed by atoms with Crippen molar-refractivity contribution in [2.24, 2.45) is 5.41 Å². The minimum Gasteiger partial charge on any atom is -0.211 e. The summed E-state index contributed by atoms with van der Waals surface area (Å²) in [5.41, 5.74) is -0.175. The lowest BCUT2D eigenvalue weighted by Crippen LogP contribution is -2.31. The zero-order valence-electron chi connectivity index (χ0n) is 9.72. The fourth-order valence-electron chi connectivity index (χ4n) is 1.58. The second kappa shape index (κ2) is 5.37. The molecule has 106 valence electrons. The lowest BCUT2D eigenvalue weighted by Gasteiger charge is -2.14. The highest BCUT2D eigenvalue weighted by Gasteiger charge is 2.42. The first-order valence-electron chi connectivity index (χ1n) is 5.50. The summed E-state index contributed by atoms with van der Waals surface area (Å²) in [5, 5.41) is -0.723. The Morgan fingerprint density at radius 2 is 1.95 bits per heavy atom. The van der Waals surface area contributed by atoms with Crippen molar-refractivity contribution >= 4 is 44.8 Å². The maximum atomic E-state index is 13.5. The Morgan fingerprint density at radius 1 is 1.32 bits per heavy atom. The summed E-state index contributed by atoms with van der Waals surface area (Å²) in [7, 11) is -3.87. The van der Waals surface area contributed by atoms with E-state index in [-0.39, 0.29) is 21.9 Å². The molecule has 0 spiro atoms. The van der Waals surface area contributed by atoms with Crippen molar-refractivity contribution in [1.82, 2.24) is 4.72 Å². The van der Waals surface area contributed by atoms with Gasteiger partial charge in [-0.3, -0.25) is 0 Å². The van der Waals surface area contributed by atoms with E-state index in [0.29, 0.717) is 5.88 Å². The number of nitrogens with one attached hydrogen (secondary N) is 1. The predicted octanol–water partition coefficient (Wildman–Crippen LogP) is 3.43. The monoisotopic (exact) mass is 345 g/mol. The van der Waals surface area contributed by atoms with Crippen LogP contribution in [-0.2, 0) is 10.0 Å². The normalized spacial score (nSPS) is 17.5. The third kappa shape index (κ3) is 3.16. The van der Waals surface area contributed by atoms with Crippen LogP contribution in [0.2, 0.25) is 10.0 Å². The smallest absolute Gasteiger partial charge is 0.211 e. The fraction of sp³-hybridized carbons (Fsp3) is 0.455. The van der Waals surface area contributed by atoms with Crippen LogP contribution >= 0.6 is 34.8 Å². The van der Waals surface area contributed by atoms with Gasteiger partial charge >= 0.3 is 0 Å². The Labute approximate surface area is 126 Å². The van der Waals surface area contributed by atoms with Crippen LogP contribution in [0.15, 0.2) is 17.0 Å². The van der Waals surface area contributed by atoms with Gasteiger partial charge in [0.2, 0.25) is 10.0 Å². The molecule has 0 amide bonds.